The van der Waals surface area contributed by atoms with Crippen molar-refractivity contribution in [2.24, 2.45) is 34.5 Å². The normalized spacial score (nSPS) is 38.2. The first kappa shape index (κ1) is 38.1. The van der Waals surface area contributed by atoms with E-state index in [1.54, 1.807) is 5.57 Å². The van der Waals surface area contributed by atoms with Crippen LogP contribution in [0.2, 0.25) is 54.4 Å². The van der Waals surface area contributed by atoms with Crippen LogP contribution >= 0.6 is 0 Å². The number of rotatable bonds is 15. The molecule has 0 aliphatic heterocycles. The molecule has 262 valence electrons. The second-order valence-electron chi connectivity index (χ2n) is 16.6. The van der Waals surface area contributed by atoms with Crippen molar-refractivity contribution in [1.82, 2.24) is 0 Å². The Balaban J connectivity index is 1.88. The highest BCUT2D eigenvalue weighted by atomic mass is 28.4. The monoisotopic (exact) mass is 677 g/mol. The van der Waals surface area contributed by atoms with Gasteiger partial charge in [0.25, 0.3) is 0 Å². The SMILES string of the molecule is C/C=C1/CCC2C3C(CC[C@]12C)[C@@]1(C)CC[C@H](O[Si](CC)(CC)CC)CC1[C@H](O[Si](CC)(CC)CC)[C@H]3O[Si](CC)(CC)CC. The van der Waals surface area contributed by atoms with E-state index in [-0.39, 0.29) is 12.2 Å². The molecule has 4 rings (SSSR count). The third-order valence-electron chi connectivity index (χ3n) is 15.8. The summed E-state index contributed by atoms with van der Waals surface area (Å²) in [6.07, 6.45) is 12.5. The van der Waals surface area contributed by atoms with Crippen LogP contribution in [0.25, 0.3) is 0 Å². The first-order chi connectivity index (χ1) is 21.4. The number of fused-ring (bicyclic) bond motifs is 5. The molecule has 0 aromatic carbocycles. The average Bonchev–Trinajstić information content (AvgIpc) is 3.42. The minimum Gasteiger partial charge on any atom is -0.414 e. The van der Waals surface area contributed by atoms with Gasteiger partial charge in [-0.25, -0.2) is 0 Å². The maximum absolute atomic E-state index is 7.99. The molecule has 6 heteroatoms. The molecule has 3 nitrogen and oxygen atoms in total. The zero-order chi connectivity index (χ0) is 33.3. The Morgan fingerprint density at radius 2 is 1.09 bits per heavy atom. The van der Waals surface area contributed by atoms with Crippen molar-refractivity contribution in [2.75, 3.05) is 0 Å². The molecular formula is C39H76O3Si3. The number of hydrogen-bond donors (Lipinski definition) is 0. The molecule has 4 fully saturated rings. The largest absolute Gasteiger partial charge is 0.414 e. The molecule has 4 saturated carbocycles. The van der Waals surface area contributed by atoms with Gasteiger partial charge in [0.1, 0.15) is 0 Å². The Morgan fingerprint density at radius 1 is 0.600 bits per heavy atom. The molecule has 4 unspecified atom stereocenters. The molecule has 0 radical (unpaired) electrons. The molecule has 45 heavy (non-hydrogen) atoms. The molecule has 0 N–H and O–H groups in total. The van der Waals surface area contributed by atoms with E-state index in [2.05, 4.69) is 89.2 Å². The van der Waals surface area contributed by atoms with E-state index < -0.39 is 25.0 Å². The third kappa shape index (κ3) is 6.63. The molecule has 4 aliphatic rings. The average molecular weight is 677 g/mol. The van der Waals surface area contributed by atoms with Gasteiger partial charge in [-0.15, -0.1) is 0 Å². The predicted octanol–water partition coefficient (Wildman–Crippen LogP) is 12.4. The van der Waals surface area contributed by atoms with Crippen LogP contribution < -0.4 is 0 Å². The predicted molar refractivity (Wildman–Crippen MR) is 202 cm³/mol. The van der Waals surface area contributed by atoms with Crippen LogP contribution in [0.5, 0.6) is 0 Å². The lowest BCUT2D eigenvalue weighted by Gasteiger charge is -2.66. The van der Waals surface area contributed by atoms with Gasteiger partial charge in [0.15, 0.2) is 25.0 Å². The maximum Gasteiger partial charge on any atom is 0.192 e. The van der Waals surface area contributed by atoms with Crippen LogP contribution in [0.3, 0.4) is 0 Å². The Morgan fingerprint density at radius 3 is 1.58 bits per heavy atom. The zero-order valence-electron chi connectivity index (χ0n) is 32.2. The van der Waals surface area contributed by atoms with Crippen LogP contribution in [0.15, 0.2) is 11.6 Å². The highest BCUT2D eigenvalue weighted by Crippen LogP contribution is 2.68. The Kier molecular flexibility index (Phi) is 12.7. The summed E-state index contributed by atoms with van der Waals surface area (Å²) in [7, 11) is -5.45. The molecule has 0 heterocycles. The standard InChI is InChI=1S/C39H76O3Si3/c1-13-30-23-24-32-35-33(26-28-38(30,32)11)39(12)27-25-31(40-43(14-2,15-3)16-4)29-34(39)36(41-44(17-5,18-6)19-7)37(35)42-45(20-8,21-9)22-10/h13,31-37H,14-29H2,1-12H3/b30-13-/t31-,32?,33?,34?,35?,36-,37-,38+,39+/m0/s1. The first-order valence-corrected chi connectivity index (χ1v) is 27.7. The highest BCUT2D eigenvalue weighted by Gasteiger charge is 2.66. The lowest BCUT2D eigenvalue weighted by molar-refractivity contribution is -0.208. The maximum atomic E-state index is 7.99. The molecule has 0 saturated heterocycles. The minimum atomic E-state index is -1.89. The molecular weight excluding hydrogens is 601 g/mol. The van der Waals surface area contributed by atoms with Crippen molar-refractivity contribution in [3.63, 3.8) is 0 Å². The topological polar surface area (TPSA) is 27.7 Å². The summed E-state index contributed by atoms with van der Waals surface area (Å²) >= 11 is 0. The fourth-order valence-corrected chi connectivity index (χ4v) is 20.5. The van der Waals surface area contributed by atoms with Crippen molar-refractivity contribution in [1.29, 1.82) is 0 Å². The van der Waals surface area contributed by atoms with Crippen LogP contribution in [0.1, 0.15) is 128 Å². The highest BCUT2D eigenvalue weighted by molar-refractivity contribution is 6.74. The van der Waals surface area contributed by atoms with Gasteiger partial charge in [0.2, 0.25) is 0 Å². The van der Waals surface area contributed by atoms with Crippen LogP contribution in [-0.2, 0) is 13.3 Å². The minimum absolute atomic E-state index is 0.226. The summed E-state index contributed by atoms with van der Waals surface area (Å²) in [4.78, 5) is 0. The molecule has 0 spiro atoms. The van der Waals surface area contributed by atoms with E-state index >= 15 is 0 Å². The van der Waals surface area contributed by atoms with Crippen LogP contribution in [-0.4, -0.2) is 43.3 Å². The van der Waals surface area contributed by atoms with Crippen molar-refractivity contribution in [3.05, 3.63) is 11.6 Å². The van der Waals surface area contributed by atoms with Gasteiger partial charge in [0.05, 0.1) is 12.2 Å². The van der Waals surface area contributed by atoms with E-state index in [1.807, 2.05) is 0 Å². The Bertz CT molecular complexity index is 963. The smallest absolute Gasteiger partial charge is 0.192 e. The van der Waals surface area contributed by atoms with Crippen molar-refractivity contribution < 1.29 is 13.3 Å². The lowest BCUT2D eigenvalue weighted by Crippen LogP contribution is -2.68. The van der Waals surface area contributed by atoms with Crippen molar-refractivity contribution in [2.45, 2.75) is 201 Å². The molecule has 4 aliphatic carbocycles. The second kappa shape index (κ2) is 15.0. The molecule has 0 amide bonds. The van der Waals surface area contributed by atoms with Gasteiger partial charge < -0.3 is 13.3 Å². The lowest BCUT2D eigenvalue weighted by atomic mass is 9.43. The number of hydrogen-bond acceptors (Lipinski definition) is 3. The van der Waals surface area contributed by atoms with Crippen molar-refractivity contribution in [3.8, 4) is 0 Å². The Labute approximate surface area is 284 Å². The van der Waals surface area contributed by atoms with Gasteiger partial charge in [-0.05, 0) is 141 Å². The molecule has 0 aromatic rings. The summed E-state index contributed by atoms with van der Waals surface area (Å²) in [5, 5.41) is 0. The van der Waals surface area contributed by atoms with E-state index in [9.17, 15) is 0 Å². The first-order valence-electron chi connectivity index (χ1n) is 20.1. The summed E-state index contributed by atoms with van der Waals surface area (Å²) in [6, 6.07) is 11.1. The number of allylic oxidation sites excluding steroid dienone is 2. The summed E-state index contributed by atoms with van der Waals surface area (Å²) < 4.78 is 23.3. The summed E-state index contributed by atoms with van der Waals surface area (Å²) in [6.45, 7) is 29.6. The third-order valence-corrected chi connectivity index (χ3v) is 29.8. The fourth-order valence-electron chi connectivity index (χ4n) is 11.8. The fraction of sp³-hybridized carbons (Fsp3) is 0.949. The van der Waals surface area contributed by atoms with Gasteiger partial charge in [-0.2, -0.15) is 0 Å². The Hall–Kier alpha value is 0.271. The molecule has 9 atom stereocenters. The summed E-state index contributed by atoms with van der Waals surface area (Å²) in [5.41, 5.74) is 2.40. The van der Waals surface area contributed by atoms with Crippen LogP contribution in [0.4, 0.5) is 0 Å². The van der Waals surface area contributed by atoms with Crippen molar-refractivity contribution >= 4 is 25.0 Å². The van der Waals surface area contributed by atoms with E-state index in [4.69, 9.17) is 13.3 Å². The molecule has 0 bridgehead atoms. The van der Waals surface area contributed by atoms with Crippen LogP contribution in [0, 0.1) is 34.5 Å². The van der Waals surface area contributed by atoms with E-state index in [0.717, 1.165) is 11.8 Å². The van der Waals surface area contributed by atoms with Gasteiger partial charge in [-0.3, -0.25) is 0 Å². The zero-order valence-corrected chi connectivity index (χ0v) is 35.2. The quantitative estimate of drug-likeness (QED) is 0.128. The molecule has 0 aromatic heterocycles. The second-order valence-corrected chi connectivity index (χ2v) is 30.8. The van der Waals surface area contributed by atoms with Gasteiger partial charge in [0, 0.05) is 6.10 Å². The van der Waals surface area contributed by atoms with E-state index in [1.165, 1.54) is 99.3 Å². The van der Waals surface area contributed by atoms with Gasteiger partial charge in [-0.1, -0.05) is 87.8 Å². The van der Waals surface area contributed by atoms with E-state index in [0.29, 0.717) is 28.8 Å². The van der Waals surface area contributed by atoms with Gasteiger partial charge >= 0.3 is 0 Å². The summed E-state index contributed by atoms with van der Waals surface area (Å²) in [5.74, 6) is 2.63.